The number of aryl methyl sites for hydroxylation is 1. The molecule has 0 spiro atoms. The summed E-state index contributed by atoms with van der Waals surface area (Å²) in [4.78, 5) is 26.9. The Bertz CT molecular complexity index is 877. The van der Waals surface area contributed by atoms with E-state index < -0.39 is 11.5 Å². The first kappa shape index (κ1) is 12.2. The minimum atomic E-state index is -1.29. The number of aromatic nitrogens is 3. The summed E-state index contributed by atoms with van der Waals surface area (Å²) in [7, 11) is 0. The fourth-order valence-corrected chi connectivity index (χ4v) is 2.12. The second-order valence-electron chi connectivity index (χ2n) is 4.46. The van der Waals surface area contributed by atoms with Gasteiger partial charge in [-0.3, -0.25) is 9.89 Å². The summed E-state index contributed by atoms with van der Waals surface area (Å²) in [6, 6.07) is 9.42. The minimum absolute atomic E-state index is 0.360. The highest BCUT2D eigenvalue weighted by Gasteiger charge is 2.14. The van der Waals surface area contributed by atoms with Crippen LogP contribution in [0.5, 0.6) is 0 Å². The van der Waals surface area contributed by atoms with Crippen LogP contribution in [0.25, 0.3) is 16.9 Å². The van der Waals surface area contributed by atoms with E-state index >= 15 is 0 Å². The Morgan fingerprint density at radius 1 is 1.35 bits per heavy atom. The standard InChI is InChI=1S/C14H11N3O3/c1-8-4-2-3-5-9(8)11-6-12-15-7-10(14(19)20)13(18)17(12)16-11/h2-7,16H,1H3,(H,19,20). The maximum atomic E-state index is 12.0. The van der Waals surface area contributed by atoms with E-state index in [-0.39, 0.29) is 5.56 Å². The van der Waals surface area contributed by atoms with Gasteiger partial charge < -0.3 is 5.11 Å². The maximum Gasteiger partial charge on any atom is 0.343 e. The van der Waals surface area contributed by atoms with E-state index in [9.17, 15) is 9.59 Å². The van der Waals surface area contributed by atoms with Gasteiger partial charge in [-0.2, -0.15) is 0 Å². The van der Waals surface area contributed by atoms with Gasteiger partial charge in [0.2, 0.25) is 0 Å². The number of carboxylic acid groups (broad SMARTS) is 1. The average molecular weight is 269 g/mol. The largest absolute Gasteiger partial charge is 0.477 e. The molecule has 6 nitrogen and oxygen atoms in total. The molecule has 20 heavy (non-hydrogen) atoms. The molecule has 0 amide bonds. The predicted molar refractivity (Wildman–Crippen MR) is 72.9 cm³/mol. The molecular formula is C14H11N3O3. The average Bonchev–Trinajstić information content (AvgIpc) is 2.84. The third kappa shape index (κ3) is 1.78. The van der Waals surface area contributed by atoms with Crippen molar-refractivity contribution in [3.05, 3.63) is 58.0 Å². The lowest BCUT2D eigenvalue weighted by molar-refractivity contribution is 0.0694. The Kier molecular flexibility index (Phi) is 2.64. The van der Waals surface area contributed by atoms with Gasteiger partial charge in [0.05, 0.1) is 5.69 Å². The van der Waals surface area contributed by atoms with Crippen molar-refractivity contribution in [1.29, 1.82) is 0 Å². The number of carbonyl (C=O) groups is 1. The zero-order valence-electron chi connectivity index (χ0n) is 10.6. The molecule has 0 saturated heterocycles. The van der Waals surface area contributed by atoms with Crippen LogP contribution in [0.2, 0.25) is 0 Å². The van der Waals surface area contributed by atoms with Crippen molar-refractivity contribution in [1.82, 2.24) is 14.6 Å². The fourth-order valence-electron chi connectivity index (χ4n) is 2.12. The minimum Gasteiger partial charge on any atom is -0.477 e. The SMILES string of the molecule is Cc1ccccc1-c1cc2ncc(C(=O)O)c(=O)n2[nH]1. The van der Waals surface area contributed by atoms with Gasteiger partial charge in [0.1, 0.15) is 5.56 Å². The van der Waals surface area contributed by atoms with Gasteiger partial charge in [-0.1, -0.05) is 24.3 Å². The fraction of sp³-hybridized carbons (Fsp3) is 0.0714. The van der Waals surface area contributed by atoms with Crippen molar-refractivity contribution in [3.63, 3.8) is 0 Å². The van der Waals surface area contributed by atoms with Gasteiger partial charge in [-0.25, -0.2) is 14.3 Å². The van der Waals surface area contributed by atoms with Gasteiger partial charge >= 0.3 is 5.97 Å². The lowest BCUT2D eigenvalue weighted by atomic mass is 10.1. The van der Waals surface area contributed by atoms with E-state index in [1.807, 2.05) is 31.2 Å². The molecule has 0 aliphatic carbocycles. The highest BCUT2D eigenvalue weighted by atomic mass is 16.4. The monoisotopic (exact) mass is 269 g/mol. The third-order valence-corrected chi connectivity index (χ3v) is 3.16. The van der Waals surface area contributed by atoms with E-state index in [0.29, 0.717) is 5.65 Å². The van der Waals surface area contributed by atoms with Crippen molar-refractivity contribution >= 4 is 11.6 Å². The number of rotatable bonds is 2. The quantitative estimate of drug-likeness (QED) is 0.741. The molecule has 3 aromatic rings. The summed E-state index contributed by atoms with van der Waals surface area (Å²) in [6.07, 6.45) is 1.08. The Labute approximate surface area is 113 Å². The summed E-state index contributed by atoms with van der Waals surface area (Å²) in [5, 5.41) is 11.8. The number of aromatic amines is 1. The zero-order valence-corrected chi connectivity index (χ0v) is 10.6. The van der Waals surface area contributed by atoms with Crippen molar-refractivity contribution in [2.24, 2.45) is 0 Å². The second-order valence-corrected chi connectivity index (χ2v) is 4.46. The molecule has 0 aliphatic rings. The molecule has 3 rings (SSSR count). The molecule has 0 unspecified atom stereocenters. The molecule has 0 bridgehead atoms. The maximum absolute atomic E-state index is 12.0. The van der Waals surface area contributed by atoms with Crippen molar-refractivity contribution < 1.29 is 9.90 Å². The lowest BCUT2D eigenvalue weighted by Gasteiger charge is -2.01. The number of benzene rings is 1. The van der Waals surface area contributed by atoms with Gasteiger partial charge in [0, 0.05) is 17.8 Å². The highest BCUT2D eigenvalue weighted by Crippen LogP contribution is 2.21. The summed E-state index contributed by atoms with van der Waals surface area (Å²) < 4.78 is 1.14. The summed E-state index contributed by atoms with van der Waals surface area (Å²) in [5.41, 5.74) is 2.11. The zero-order chi connectivity index (χ0) is 14.3. The smallest absolute Gasteiger partial charge is 0.343 e. The van der Waals surface area contributed by atoms with Crippen molar-refractivity contribution in [3.8, 4) is 11.3 Å². The molecular weight excluding hydrogens is 258 g/mol. The number of aromatic carboxylic acids is 1. The number of carboxylic acids is 1. The molecule has 0 aliphatic heterocycles. The molecule has 0 atom stereocenters. The van der Waals surface area contributed by atoms with Crippen LogP contribution in [-0.2, 0) is 0 Å². The van der Waals surface area contributed by atoms with Gasteiger partial charge in [0.25, 0.3) is 5.56 Å². The Morgan fingerprint density at radius 3 is 2.80 bits per heavy atom. The molecule has 2 heterocycles. The van der Waals surface area contributed by atoms with Crippen LogP contribution in [0, 0.1) is 6.92 Å². The highest BCUT2D eigenvalue weighted by molar-refractivity contribution is 5.87. The topological polar surface area (TPSA) is 87.5 Å². The Morgan fingerprint density at radius 2 is 2.10 bits per heavy atom. The van der Waals surface area contributed by atoms with Crippen LogP contribution in [0.3, 0.4) is 0 Å². The van der Waals surface area contributed by atoms with Crippen molar-refractivity contribution in [2.75, 3.05) is 0 Å². The first-order valence-electron chi connectivity index (χ1n) is 5.98. The van der Waals surface area contributed by atoms with E-state index in [4.69, 9.17) is 5.11 Å². The van der Waals surface area contributed by atoms with Crippen LogP contribution in [0.1, 0.15) is 15.9 Å². The molecule has 0 fully saturated rings. The molecule has 0 saturated carbocycles. The molecule has 2 aromatic heterocycles. The molecule has 0 radical (unpaired) electrons. The molecule has 6 heteroatoms. The molecule has 100 valence electrons. The van der Waals surface area contributed by atoms with E-state index in [0.717, 1.165) is 27.5 Å². The van der Waals surface area contributed by atoms with E-state index in [1.165, 1.54) is 0 Å². The number of nitrogens with one attached hydrogen (secondary N) is 1. The number of hydrogen-bond acceptors (Lipinski definition) is 3. The number of hydrogen-bond donors (Lipinski definition) is 2. The van der Waals surface area contributed by atoms with Gasteiger partial charge in [-0.15, -0.1) is 0 Å². The van der Waals surface area contributed by atoms with Gasteiger partial charge in [-0.05, 0) is 12.5 Å². The van der Waals surface area contributed by atoms with Crippen LogP contribution in [0.15, 0.2) is 41.3 Å². The predicted octanol–water partition coefficient (Wildman–Crippen LogP) is 1.70. The molecule has 2 N–H and O–H groups in total. The first-order chi connectivity index (χ1) is 9.58. The third-order valence-electron chi connectivity index (χ3n) is 3.16. The number of nitrogens with zero attached hydrogens (tertiary/aromatic N) is 2. The Hall–Kier alpha value is -2.89. The van der Waals surface area contributed by atoms with E-state index in [2.05, 4.69) is 10.1 Å². The van der Waals surface area contributed by atoms with Crippen LogP contribution in [0.4, 0.5) is 0 Å². The van der Waals surface area contributed by atoms with Gasteiger partial charge in [0.15, 0.2) is 5.65 Å². The van der Waals surface area contributed by atoms with Crippen molar-refractivity contribution in [2.45, 2.75) is 6.92 Å². The van der Waals surface area contributed by atoms with E-state index in [1.54, 1.807) is 6.07 Å². The Balaban J connectivity index is 2.27. The lowest BCUT2D eigenvalue weighted by Crippen LogP contribution is -2.22. The number of fused-ring (bicyclic) bond motifs is 1. The second kappa shape index (κ2) is 4.34. The van der Waals surface area contributed by atoms with Crippen LogP contribution < -0.4 is 5.56 Å². The van der Waals surface area contributed by atoms with Crippen LogP contribution >= 0.6 is 0 Å². The summed E-state index contributed by atoms with van der Waals surface area (Å²) in [6.45, 7) is 1.96. The normalized spacial score (nSPS) is 10.8. The summed E-state index contributed by atoms with van der Waals surface area (Å²) >= 11 is 0. The summed E-state index contributed by atoms with van der Waals surface area (Å²) in [5.74, 6) is -1.29. The number of H-pyrrole nitrogens is 1. The first-order valence-corrected chi connectivity index (χ1v) is 5.98. The van der Waals surface area contributed by atoms with Crippen LogP contribution in [-0.4, -0.2) is 25.7 Å². The molecule has 1 aromatic carbocycles.